The number of halogens is 4. The molecule has 0 saturated carbocycles. The Morgan fingerprint density at radius 1 is 1.11 bits per heavy atom. The smallest absolute Gasteiger partial charge is 0.331 e. The van der Waals surface area contributed by atoms with E-state index >= 15 is 0 Å². The highest BCUT2D eigenvalue weighted by molar-refractivity contribution is 9.10. The van der Waals surface area contributed by atoms with Gasteiger partial charge in [-0.25, -0.2) is 4.79 Å². The Morgan fingerprint density at radius 3 is 2.49 bits per heavy atom. The van der Waals surface area contributed by atoms with E-state index in [4.69, 9.17) is 5.26 Å². The first kappa shape index (κ1) is 24.8. The van der Waals surface area contributed by atoms with Crippen molar-refractivity contribution in [3.8, 4) is 17.2 Å². The number of rotatable bonds is 5. The van der Waals surface area contributed by atoms with E-state index in [1.807, 2.05) is 42.5 Å². The van der Waals surface area contributed by atoms with E-state index in [0.717, 1.165) is 38.9 Å². The number of nitrogens with zero attached hydrogens (tertiary/aromatic N) is 2. The van der Waals surface area contributed by atoms with Crippen molar-refractivity contribution in [2.24, 2.45) is 0 Å². The molecule has 0 saturated heterocycles. The Kier molecular flexibility index (Phi) is 7.46. The zero-order chi connectivity index (χ0) is 25.0. The van der Waals surface area contributed by atoms with Crippen LogP contribution in [-0.4, -0.2) is 17.5 Å². The van der Waals surface area contributed by atoms with E-state index in [9.17, 15) is 18.0 Å². The first-order chi connectivity index (χ1) is 16.8. The Bertz CT molecular complexity index is 1240. The first-order valence-corrected chi connectivity index (χ1v) is 12.0. The molecule has 0 aliphatic carbocycles. The summed E-state index contributed by atoms with van der Waals surface area (Å²) in [7, 11) is 0. The summed E-state index contributed by atoms with van der Waals surface area (Å²) in [5.41, 5.74) is 3.80. The second kappa shape index (κ2) is 10.5. The summed E-state index contributed by atoms with van der Waals surface area (Å²) < 4.78 is 39.7. The summed E-state index contributed by atoms with van der Waals surface area (Å²) in [6.07, 6.45) is -2.96. The van der Waals surface area contributed by atoms with Crippen LogP contribution < -0.4 is 5.32 Å². The fourth-order valence-corrected chi connectivity index (χ4v) is 4.89. The van der Waals surface area contributed by atoms with Crippen LogP contribution in [0.25, 0.3) is 11.1 Å². The number of hydrogen-bond donors (Lipinski definition) is 1. The van der Waals surface area contributed by atoms with Gasteiger partial charge in [0, 0.05) is 24.0 Å². The standard InChI is InChI=1S/C27H23BrF3N3O/c28-22-15-20-17-34(26(35)33-25(7-4-13-32)19-5-2-1-3-6-19)14-12-23(20)24(16-22)18-8-10-21(11-9-18)27(29,30)31/h1-3,5-6,8-11,15-16,25H,4,7,12,14,17H2,(H,33,35)/t25-/m0/s1. The average molecular weight is 542 g/mol. The number of alkyl halides is 3. The summed E-state index contributed by atoms with van der Waals surface area (Å²) in [5, 5.41) is 12.1. The number of nitriles is 1. The monoisotopic (exact) mass is 541 g/mol. The highest BCUT2D eigenvalue weighted by atomic mass is 79.9. The van der Waals surface area contributed by atoms with Gasteiger partial charge >= 0.3 is 12.2 Å². The highest BCUT2D eigenvalue weighted by Crippen LogP contribution is 2.36. The molecule has 180 valence electrons. The van der Waals surface area contributed by atoms with Crippen LogP contribution in [-0.2, 0) is 19.1 Å². The minimum Gasteiger partial charge on any atom is -0.331 e. The van der Waals surface area contributed by atoms with Crippen LogP contribution >= 0.6 is 15.9 Å². The molecule has 1 N–H and O–H groups in total. The predicted octanol–water partition coefficient (Wildman–Crippen LogP) is 7.25. The van der Waals surface area contributed by atoms with Crippen LogP contribution in [0, 0.1) is 11.3 Å². The van der Waals surface area contributed by atoms with Crippen LogP contribution in [0.2, 0.25) is 0 Å². The lowest BCUT2D eigenvalue weighted by molar-refractivity contribution is -0.137. The third kappa shape index (κ3) is 5.85. The Labute approximate surface area is 210 Å². The van der Waals surface area contributed by atoms with Crippen molar-refractivity contribution in [3.63, 3.8) is 0 Å². The number of carbonyl (C=O) groups is 1. The van der Waals surface area contributed by atoms with Gasteiger partial charge in [0.1, 0.15) is 0 Å². The largest absolute Gasteiger partial charge is 0.416 e. The molecule has 0 aromatic heterocycles. The molecule has 1 aliphatic rings. The van der Waals surface area contributed by atoms with Gasteiger partial charge in [0.2, 0.25) is 0 Å². The maximum absolute atomic E-state index is 13.1. The van der Waals surface area contributed by atoms with Gasteiger partial charge in [0.15, 0.2) is 0 Å². The zero-order valence-corrected chi connectivity index (χ0v) is 20.4. The Balaban J connectivity index is 1.54. The molecule has 35 heavy (non-hydrogen) atoms. The van der Waals surface area contributed by atoms with Gasteiger partial charge in [-0.2, -0.15) is 18.4 Å². The number of nitrogens with one attached hydrogen (secondary N) is 1. The van der Waals surface area contributed by atoms with Crippen molar-refractivity contribution in [1.29, 1.82) is 5.26 Å². The molecule has 4 nitrogen and oxygen atoms in total. The third-order valence-electron chi connectivity index (χ3n) is 6.15. The quantitative estimate of drug-likeness (QED) is 0.369. The maximum Gasteiger partial charge on any atom is 0.416 e. The van der Waals surface area contributed by atoms with E-state index in [-0.39, 0.29) is 12.1 Å². The second-order valence-electron chi connectivity index (χ2n) is 8.45. The maximum atomic E-state index is 13.1. The normalized spacial score (nSPS) is 14.1. The minimum atomic E-state index is -4.38. The number of carbonyl (C=O) groups excluding carboxylic acids is 1. The number of benzene rings is 3. The molecule has 2 amide bonds. The molecule has 3 aromatic rings. The highest BCUT2D eigenvalue weighted by Gasteiger charge is 2.30. The van der Waals surface area contributed by atoms with Gasteiger partial charge in [0.25, 0.3) is 0 Å². The molecular weight excluding hydrogens is 519 g/mol. The first-order valence-electron chi connectivity index (χ1n) is 11.2. The summed E-state index contributed by atoms with van der Waals surface area (Å²) in [6, 6.07) is 20.3. The van der Waals surface area contributed by atoms with Crippen molar-refractivity contribution >= 4 is 22.0 Å². The molecule has 1 atom stereocenters. The average Bonchev–Trinajstić information content (AvgIpc) is 2.85. The number of amides is 2. The van der Waals surface area contributed by atoms with Crippen molar-refractivity contribution in [1.82, 2.24) is 10.2 Å². The van der Waals surface area contributed by atoms with Crippen LogP contribution in [0.5, 0.6) is 0 Å². The van der Waals surface area contributed by atoms with Gasteiger partial charge in [-0.15, -0.1) is 0 Å². The third-order valence-corrected chi connectivity index (χ3v) is 6.61. The molecule has 3 aromatic carbocycles. The lowest BCUT2D eigenvalue weighted by Crippen LogP contribution is -2.44. The van der Waals surface area contributed by atoms with E-state index in [1.165, 1.54) is 12.1 Å². The Morgan fingerprint density at radius 2 is 1.83 bits per heavy atom. The molecule has 1 heterocycles. The van der Waals surface area contributed by atoms with E-state index < -0.39 is 11.7 Å². The van der Waals surface area contributed by atoms with Gasteiger partial charge in [-0.3, -0.25) is 0 Å². The molecule has 4 rings (SSSR count). The van der Waals surface area contributed by atoms with Crippen molar-refractivity contribution < 1.29 is 18.0 Å². The lowest BCUT2D eigenvalue weighted by Gasteiger charge is -2.32. The van der Waals surface area contributed by atoms with Crippen LogP contribution in [0.4, 0.5) is 18.0 Å². The lowest BCUT2D eigenvalue weighted by atomic mass is 9.90. The van der Waals surface area contributed by atoms with E-state index in [0.29, 0.717) is 37.9 Å². The summed E-state index contributed by atoms with van der Waals surface area (Å²) >= 11 is 3.51. The molecule has 0 fully saturated rings. The summed E-state index contributed by atoms with van der Waals surface area (Å²) in [4.78, 5) is 14.9. The van der Waals surface area contributed by atoms with Crippen molar-refractivity contribution in [2.75, 3.05) is 6.54 Å². The van der Waals surface area contributed by atoms with Gasteiger partial charge in [-0.05, 0) is 64.9 Å². The Hall–Kier alpha value is -3.31. The predicted molar refractivity (Wildman–Crippen MR) is 131 cm³/mol. The zero-order valence-electron chi connectivity index (χ0n) is 18.8. The molecule has 0 bridgehead atoms. The molecule has 0 unspecified atom stereocenters. The minimum absolute atomic E-state index is 0.210. The molecule has 8 heteroatoms. The van der Waals surface area contributed by atoms with Gasteiger partial charge in [-0.1, -0.05) is 58.4 Å². The number of urea groups is 1. The van der Waals surface area contributed by atoms with Crippen molar-refractivity contribution in [3.05, 3.63) is 93.5 Å². The molecule has 0 spiro atoms. The van der Waals surface area contributed by atoms with Gasteiger partial charge in [0.05, 0.1) is 17.7 Å². The summed E-state index contributed by atoms with van der Waals surface area (Å²) in [6.45, 7) is 0.863. The summed E-state index contributed by atoms with van der Waals surface area (Å²) in [5.74, 6) is 0. The second-order valence-corrected chi connectivity index (χ2v) is 9.36. The van der Waals surface area contributed by atoms with E-state index in [1.54, 1.807) is 4.90 Å². The molecular formula is C27H23BrF3N3O. The number of fused-ring (bicyclic) bond motifs is 1. The molecule has 1 aliphatic heterocycles. The van der Waals surface area contributed by atoms with Crippen LogP contribution in [0.3, 0.4) is 0 Å². The van der Waals surface area contributed by atoms with Crippen LogP contribution in [0.1, 0.15) is 41.1 Å². The fraction of sp³-hybridized carbons (Fsp3) is 0.259. The fourth-order valence-electron chi connectivity index (χ4n) is 4.39. The van der Waals surface area contributed by atoms with Gasteiger partial charge < -0.3 is 10.2 Å². The SMILES string of the molecule is N#CCC[C@H](NC(=O)N1CCc2c(cc(Br)cc2-c2ccc(C(F)(F)F)cc2)C1)c1ccccc1. The van der Waals surface area contributed by atoms with E-state index in [2.05, 4.69) is 27.3 Å². The van der Waals surface area contributed by atoms with Crippen molar-refractivity contribution in [2.45, 2.75) is 38.0 Å². The topological polar surface area (TPSA) is 56.1 Å². The molecule has 0 radical (unpaired) electrons. The van der Waals surface area contributed by atoms with Crippen LogP contribution in [0.15, 0.2) is 71.2 Å². The number of hydrogen-bond acceptors (Lipinski definition) is 2.